The number of hydrogen-bond acceptors (Lipinski definition) is 5. The summed E-state index contributed by atoms with van der Waals surface area (Å²) in [6, 6.07) is 22.1. The normalized spacial score (nSPS) is 11.0. The molecule has 5 rings (SSSR count). The lowest BCUT2D eigenvalue weighted by molar-refractivity contribution is 0.0951. The van der Waals surface area contributed by atoms with Crippen molar-refractivity contribution >= 4 is 28.7 Å². The van der Waals surface area contributed by atoms with Crippen molar-refractivity contribution in [1.29, 1.82) is 0 Å². The SMILES string of the molecule is Cc1ccc(CSc2nc3ccncc3n2Cc2ccc(C(=O)NCc3cccnc3)cc2)cc1. The summed E-state index contributed by atoms with van der Waals surface area (Å²) in [6.45, 7) is 3.19. The molecule has 1 N–H and O–H groups in total. The van der Waals surface area contributed by atoms with Crippen molar-refractivity contribution < 1.29 is 4.79 Å². The standard InChI is InChI=1S/C28H25N5OS/c1-20-4-6-22(7-5-20)19-35-28-32-25-12-14-30-17-26(25)33(28)18-21-8-10-24(11-9-21)27(34)31-16-23-3-2-13-29-15-23/h2-15,17H,16,18-19H2,1H3,(H,31,34). The highest BCUT2D eigenvalue weighted by molar-refractivity contribution is 7.98. The van der Waals surface area contributed by atoms with Crippen LogP contribution in [0.5, 0.6) is 0 Å². The molecule has 0 atom stereocenters. The number of carbonyl (C=O) groups excluding carboxylic acids is 1. The van der Waals surface area contributed by atoms with Gasteiger partial charge in [0.05, 0.1) is 23.8 Å². The van der Waals surface area contributed by atoms with Crippen LogP contribution in [0.2, 0.25) is 0 Å². The van der Waals surface area contributed by atoms with Gasteiger partial charge in [0.15, 0.2) is 5.16 Å². The van der Waals surface area contributed by atoms with Gasteiger partial charge in [0.1, 0.15) is 0 Å². The lowest BCUT2D eigenvalue weighted by atomic mass is 10.1. The zero-order valence-electron chi connectivity index (χ0n) is 19.4. The third kappa shape index (κ3) is 5.58. The minimum absolute atomic E-state index is 0.105. The average Bonchev–Trinajstić information content (AvgIpc) is 3.25. The Labute approximate surface area is 208 Å². The smallest absolute Gasteiger partial charge is 0.251 e. The maximum Gasteiger partial charge on any atom is 0.251 e. The molecule has 3 aromatic heterocycles. The molecule has 0 saturated heterocycles. The Morgan fingerprint density at radius 3 is 2.43 bits per heavy atom. The van der Waals surface area contributed by atoms with E-state index in [1.807, 2.05) is 48.7 Å². The van der Waals surface area contributed by atoms with Crippen LogP contribution in [0.4, 0.5) is 0 Å². The molecule has 2 aromatic carbocycles. The molecule has 0 aliphatic heterocycles. The number of benzene rings is 2. The van der Waals surface area contributed by atoms with Gasteiger partial charge in [-0.25, -0.2) is 4.98 Å². The molecule has 3 heterocycles. The lowest BCUT2D eigenvalue weighted by Gasteiger charge is -2.10. The molecule has 6 nitrogen and oxygen atoms in total. The fraction of sp³-hybridized carbons (Fsp3) is 0.143. The molecule has 0 fully saturated rings. The molecule has 0 radical (unpaired) electrons. The number of amides is 1. The van der Waals surface area contributed by atoms with Crippen molar-refractivity contribution in [3.05, 3.63) is 119 Å². The second kappa shape index (κ2) is 10.5. The van der Waals surface area contributed by atoms with Crippen LogP contribution in [-0.4, -0.2) is 25.4 Å². The number of nitrogens with zero attached hydrogens (tertiary/aromatic N) is 4. The van der Waals surface area contributed by atoms with Gasteiger partial charge >= 0.3 is 0 Å². The highest BCUT2D eigenvalue weighted by Gasteiger charge is 2.13. The number of aryl methyl sites for hydroxylation is 1. The van der Waals surface area contributed by atoms with Crippen LogP contribution in [0, 0.1) is 6.92 Å². The Hall–Kier alpha value is -3.97. The summed E-state index contributed by atoms with van der Waals surface area (Å²) in [5.74, 6) is 0.736. The highest BCUT2D eigenvalue weighted by Crippen LogP contribution is 2.27. The van der Waals surface area contributed by atoms with Gasteiger partial charge in [-0.05, 0) is 47.9 Å². The maximum absolute atomic E-state index is 12.6. The molecule has 174 valence electrons. The van der Waals surface area contributed by atoms with Crippen molar-refractivity contribution in [3.8, 4) is 0 Å². The zero-order valence-corrected chi connectivity index (χ0v) is 20.2. The van der Waals surface area contributed by atoms with E-state index < -0.39 is 0 Å². The number of nitrogens with one attached hydrogen (secondary N) is 1. The molecule has 0 saturated carbocycles. The summed E-state index contributed by atoms with van der Waals surface area (Å²) < 4.78 is 2.19. The first kappa shape index (κ1) is 22.8. The first-order valence-corrected chi connectivity index (χ1v) is 12.4. The van der Waals surface area contributed by atoms with Crippen molar-refractivity contribution in [2.75, 3.05) is 0 Å². The molecule has 0 aliphatic carbocycles. The number of aromatic nitrogens is 4. The summed E-state index contributed by atoms with van der Waals surface area (Å²) in [5.41, 5.74) is 7.13. The lowest BCUT2D eigenvalue weighted by Crippen LogP contribution is -2.22. The minimum Gasteiger partial charge on any atom is -0.348 e. The molecular weight excluding hydrogens is 454 g/mol. The van der Waals surface area contributed by atoms with Crippen molar-refractivity contribution in [2.24, 2.45) is 0 Å². The van der Waals surface area contributed by atoms with E-state index >= 15 is 0 Å². The highest BCUT2D eigenvalue weighted by atomic mass is 32.2. The minimum atomic E-state index is -0.105. The van der Waals surface area contributed by atoms with Crippen LogP contribution >= 0.6 is 11.8 Å². The summed E-state index contributed by atoms with van der Waals surface area (Å²) in [6.07, 6.45) is 7.10. The predicted molar refractivity (Wildman–Crippen MR) is 139 cm³/mol. The number of rotatable bonds is 8. The summed E-state index contributed by atoms with van der Waals surface area (Å²) in [5, 5.41) is 3.89. The molecule has 0 spiro atoms. The van der Waals surface area contributed by atoms with Gasteiger partial charge in [0, 0.05) is 36.5 Å². The number of thioether (sulfide) groups is 1. The van der Waals surface area contributed by atoms with Crippen LogP contribution in [0.1, 0.15) is 32.6 Å². The fourth-order valence-corrected chi connectivity index (χ4v) is 4.74. The van der Waals surface area contributed by atoms with Gasteiger partial charge in [-0.1, -0.05) is 59.8 Å². The van der Waals surface area contributed by atoms with E-state index in [0.717, 1.165) is 33.1 Å². The Morgan fingerprint density at radius 1 is 0.886 bits per heavy atom. The molecule has 0 bridgehead atoms. The Balaban J connectivity index is 1.30. The van der Waals surface area contributed by atoms with Gasteiger partial charge in [0.2, 0.25) is 0 Å². The van der Waals surface area contributed by atoms with Crippen LogP contribution in [0.15, 0.2) is 96.7 Å². The van der Waals surface area contributed by atoms with E-state index in [2.05, 4.69) is 51.0 Å². The van der Waals surface area contributed by atoms with Crippen molar-refractivity contribution in [2.45, 2.75) is 30.9 Å². The van der Waals surface area contributed by atoms with Gasteiger partial charge < -0.3 is 9.88 Å². The number of hydrogen-bond donors (Lipinski definition) is 1. The summed E-state index contributed by atoms with van der Waals surface area (Å²) in [7, 11) is 0. The maximum atomic E-state index is 12.6. The van der Waals surface area contributed by atoms with Crippen molar-refractivity contribution in [3.63, 3.8) is 0 Å². The van der Waals surface area contributed by atoms with E-state index in [4.69, 9.17) is 4.98 Å². The number of imidazole rings is 1. The number of carbonyl (C=O) groups is 1. The average molecular weight is 480 g/mol. The summed E-state index contributed by atoms with van der Waals surface area (Å²) >= 11 is 1.72. The Bertz CT molecular complexity index is 1430. The van der Waals surface area contributed by atoms with E-state index in [0.29, 0.717) is 18.7 Å². The topological polar surface area (TPSA) is 72.7 Å². The zero-order chi connectivity index (χ0) is 24.0. The molecular formula is C28H25N5OS. The largest absolute Gasteiger partial charge is 0.348 e. The van der Waals surface area contributed by atoms with Crippen LogP contribution in [-0.2, 0) is 18.8 Å². The first-order chi connectivity index (χ1) is 17.2. The molecule has 35 heavy (non-hydrogen) atoms. The van der Waals surface area contributed by atoms with Gasteiger partial charge in [-0.2, -0.15) is 0 Å². The monoisotopic (exact) mass is 479 g/mol. The quantitative estimate of drug-likeness (QED) is 0.302. The third-order valence-corrected chi connectivity index (χ3v) is 6.78. The van der Waals surface area contributed by atoms with E-state index in [9.17, 15) is 4.79 Å². The van der Waals surface area contributed by atoms with Crippen LogP contribution in [0.25, 0.3) is 11.0 Å². The molecule has 1 amide bonds. The molecule has 0 aliphatic rings. The van der Waals surface area contributed by atoms with Gasteiger partial charge in [0.25, 0.3) is 5.91 Å². The van der Waals surface area contributed by atoms with Crippen molar-refractivity contribution in [1.82, 2.24) is 24.8 Å². The fourth-order valence-electron chi connectivity index (χ4n) is 3.77. The van der Waals surface area contributed by atoms with Gasteiger partial charge in [-0.15, -0.1) is 0 Å². The molecule has 0 unspecified atom stereocenters. The second-order valence-electron chi connectivity index (χ2n) is 8.36. The second-order valence-corrected chi connectivity index (χ2v) is 9.30. The molecule has 5 aromatic rings. The van der Waals surface area contributed by atoms with E-state index in [1.165, 1.54) is 11.1 Å². The number of pyridine rings is 2. The van der Waals surface area contributed by atoms with Gasteiger partial charge in [-0.3, -0.25) is 14.8 Å². The third-order valence-electron chi connectivity index (χ3n) is 5.74. The first-order valence-electron chi connectivity index (χ1n) is 11.4. The summed E-state index contributed by atoms with van der Waals surface area (Å²) in [4.78, 5) is 25.8. The number of fused-ring (bicyclic) bond motifs is 1. The van der Waals surface area contributed by atoms with E-state index in [1.54, 1.807) is 30.4 Å². The Kier molecular flexibility index (Phi) is 6.86. The molecule has 7 heteroatoms. The Morgan fingerprint density at radius 2 is 1.66 bits per heavy atom. The van der Waals surface area contributed by atoms with Crippen LogP contribution < -0.4 is 5.32 Å². The predicted octanol–water partition coefficient (Wildman–Crippen LogP) is 5.41. The van der Waals surface area contributed by atoms with E-state index in [-0.39, 0.29) is 5.91 Å². The van der Waals surface area contributed by atoms with Crippen LogP contribution in [0.3, 0.4) is 0 Å².